The molecule has 6 aliphatic rings. The van der Waals surface area contributed by atoms with Crippen molar-refractivity contribution in [2.24, 2.45) is 17.8 Å². The number of piperidine rings is 1. The SMILES string of the molecule is COC[C@@H]1[C@@H](C)C/C=C\[C@](CN2CCN3CCCC[C@@H]3C2)(OC)[C@@H]2CC[C@H]2CN2C[C@@]3(CCCc4cc(Cl)ccc43)COc3ccc(cc32)C(=O)NS1(=O)=O. The van der Waals surface area contributed by atoms with Crippen LogP contribution in [0.4, 0.5) is 5.69 Å². The van der Waals surface area contributed by atoms with Crippen molar-refractivity contribution in [3.05, 3.63) is 70.3 Å². The fraction of sp³-hybridized carbons (Fsp3) is 0.651. The quantitative estimate of drug-likeness (QED) is 0.362. The second-order valence-corrected chi connectivity index (χ2v) is 19.7. The zero-order chi connectivity index (χ0) is 38.4. The average Bonchev–Trinajstić information content (AvgIpc) is 3.31. The molecule has 2 saturated heterocycles. The Morgan fingerprint density at radius 3 is 2.69 bits per heavy atom. The summed E-state index contributed by atoms with van der Waals surface area (Å²) in [5, 5.41) is -0.176. The fourth-order valence-corrected chi connectivity index (χ4v) is 12.6. The van der Waals surface area contributed by atoms with Crippen molar-refractivity contribution in [1.82, 2.24) is 14.5 Å². The summed E-state index contributed by atoms with van der Waals surface area (Å²) >= 11 is 6.52. The van der Waals surface area contributed by atoms with Crippen molar-refractivity contribution < 1.29 is 27.4 Å². The van der Waals surface area contributed by atoms with Crippen LogP contribution >= 0.6 is 11.6 Å². The number of carbonyl (C=O) groups is 1. The molecule has 2 bridgehead atoms. The van der Waals surface area contributed by atoms with Gasteiger partial charge in [0.25, 0.3) is 5.91 Å². The zero-order valence-corrected chi connectivity index (χ0v) is 34.4. The van der Waals surface area contributed by atoms with E-state index in [1.165, 1.54) is 44.0 Å². The molecule has 1 saturated carbocycles. The minimum absolute atomic E-state index is 0.0238. The highest BCUT2D eigenvalue weighted by molar-refractivity contribution is 7.90. The van der Waals surface area contributed by atoms with Gasteiger partial charge in [0.2, 0.25) is 10.0 Å². The fourth-order valence-electron chi connectivity index (χ4n) is 10.9. The van der Waals surface area contributed by atoms with Gasteiger partial charge in [0, 0.05) is 75.5 Å². The lowest BCUT2D eigenvalue weighted by atomic mass is 9.63. The number of nitrogens with zero attached hydrogens (tertiary/aromatic N) is 3. The van der Waals surface area contributed by atoms with Gasteiger partial charge in [-0.25, -0.2) is 13.1 Å². The smallest absolute Gasteiger partial charge is 0.264 e. The van der Waals surface area contributed by atoms with Gasteiger partial charge in [0.05, 0.1) is 18.9 Å². The van der Waals surface area contributed by atoms with Crippen LogP contribution in [0, 0.1) is 17.8 Å². The number of anilines is 1. The van der Waals surface area contributed by atoms with Crippen LogP contribution in [0.25, 0.3) is 0 Å². The number of benzene rings is 2. The predicted octanol–water partition coefficient (Wildman–Crippen LogP) is 6.07. The number of piperazine rings is 1. The Labute approximate surface area is 332 Å². The molecule has 0 aromatic heterocycles. The van der Waals surface area contributed by atoms with Crippen LogP contribution in [0.5, 0.6) is 5.75 Å². The number of rotatable bonds is 5. The maximum Gasteiger partial charge on any atom is 0.264 e. The average molecular weight is 795 g/mol. The maximum atomic E-state index is 13.9. The molecule has 2 aromatic rings. The molecule has 12 heteroatoms. The van der Waals surface area contributed by atoms with E-state index >= 15 is 0 Å². The first-order chi connectivity index (χ1) is 26.5. The molecule has 4 aliphatic heterocycles. The van der Waals surface area contributed by atoms with Gasteiger partial charge in [0.15, 0.2) is 0 Å². The Bertz CT molecular complexity index is 1880. The van der Waals surface area contributed by atoms with Gasteiger partial charge in [-0.05, 0) is 117 Å². The van der Waals surface area contributed by atoms with E-state index < -0.39 is 26.8 Å². The minimum atomic E-state index is -4.10. The van der Waals surface area contributed by atoms with Crippen LogP contribution in [-0.4, -0.2) is 114 Å². The van der Waals surface area contributed by atoms with Crippen LogP contribution in [0.2, 0.25) is 5.02 Å². The van der Waals surface area contributed by atoms with Gasteiger partial charge in [0.1, 0.15) is 16.6 Å². The third kappa shape index (κ3) is 7.70. The lowest BCUT2D eigenvalue weighted by Crippen LogP contribution is -2.61. The number of sulfonamides is 1. The normalized spacial score (nSPS) is 34.6. The lowest BCUT2D eigenvalue weighted by Gasteiger charge is -2.53. The Morgan fingerprint density at radius 1 is 1.02 bits per heavy atom. The van der Waals surface area contributed by atoms with Crippen molar-refractivity contribution >= 4 is 33.2 Å². The summed E-state index contributed by atoms with van der Waals surface area (Å²) in [7, 11) is -0.724. The van der Waals surface area contributed by atoms with E-state index in [0.717, 1.165) is 75.5 Å². The van der Waals surface area contributed by atoms with Crippen molar-refractivity contribution in [1.29, 1.82) is 0 Å². The largest absolute Gasteiger partial charge is 0.490 e. The van der Waals surface area contributed by atoms with E-state index in [1.807, 2.05) is 32.2 Å². The highest BCUT2D eigenvalue weighted by Crippen LogP contribution is 2.49. The number of halogens is 1. The summed E-state index contributed by atoms with van der Waals surface area (Å²) in [4.78, 5) is 21.6. The number of nitrogens with one attached hydrogen (secondary N) is 1. The number of methoxy groups -OCH3 is 2. The van der Waals surface area contributed by atoms with Gasteiger partial charge in [-0.2, -0.15) is 0 Å². The van der Waals surface area contributed by atoms with E-state index in [9.17, 15) is 13.2 Å². The van der Waals surface area contributed by atoms with E-state index in [4.69, 9.17) is 25.8 Å². The van der Waals surface area contributed by atoms with Crippen LogP contribution in [0.1, 0.15) is 79.8 Å². The molecule has 55 heavy (non-hydrogen) atoms. The molecule has 0 unspecified atom stereocenters. The lowest BCUT2D eigenvalue weighted by molar-refractivity contribution is -0.100. The maximum absolute atomic E-state index is 13.9. The number of hydrogen-bond donors (Lipinski definition) is 1. The first-order valence-corrected chi connectivity index (χ1v) is 22.5. The van der Waals surface area contributed by atoms with Crippen molar-refractivity contribution in [3.63, 3.8) is 0 Å². The molecular weight excluding hydrogens is 736 g/mol. The summed E-state index contributed by atoms with van der Waals surface area (Å²) < 4.78 is 49.3. The summed E-state index contributed by atoms with van der Waals surface area (Å²) in [6, 6.07) is 12.3. The van der Waals surface area contributed by atoms with E-state index in [2.05, 4.69) is 43.7 Å². The number of amides is 1. The molecule has 300 valence electrons. The molecule has 8 rings (SSSR count). The van der Waals surface area contributed by atoms with Gasteiger partial charge >= 0.3 is 0 Å². The molecule has 2 aromatic carbocycles. The summed E-state index contributed by atoms with van der Waals surface area (Å²) in [5.41, 5.74) is 2.86. The zero-order valence-electron chi connectivity index (χ0n) is 32.8. The van der Waals surface area contributed by atoms with Gasteiger partial charge in [-0.15, -0.1) is 0 Å². The highest BCUT2D eigenvalue weighted by Gasteiger charge is 2.50. The number of aryl methyl sites for hydroxylation is 1. The number of carbonyl (C=O) groups excluding carboxylic acids is 1. The molecule has 1 N–H and O–H groups in total. The van der Waals surface area contributed by atoms with Gasteiger partial charge in [-0.3, -0.25) is 14.6 Å². The summed E-state index contributed by atoms with van der Waals surface area (Å²) in [5.74, 6) is 0.345. The van der Waals surface area contributed by atoms with E-state index in [0.29, 0.717) is 37.3 Å². The van der Waals surface area contributed by atoms with Crippen molar-refractivity contribution in [3.8, 4) is 5.75 Å². The van der Waals surface area contributed by atoms with Gasteiger partial charge < -0.3 is 19.1 Å². The number of fused-ring (bicyclic) bond motifs is 5. The monoisotopic (exact) mass is 794 g/mol. The Hall–Kier alpha value is -2.67. The number of ether oxygens (including phenoxy) is 3. The highest BCUT2D eigenvalue weighted by atomic mass is 35.5. The third-order valence-corrected chi connectivity index (χ3v) is 16.2. The Morgan fingerprint density at radius 2 is 1.89 bits per heavy atom. The molecule has 7 atom stereocenters. The van der Waals surface area contributed by atoms with Crippen molar-refractivity contribution in [2.75, 3.05) is 78.1 Å². The van der Waals surface area contributed by atoms with Gasteiger partial charge in [-0.1, -0.05) is 43.2 Å². The molecule has 2 aliphatic carbocycles. The Kier molecular flexibility index (Phi) is 11.3. The predicted molar refractivity (Wildman–Crippen MR) is 217 cm³/mol. The number of hydrogen-bond acceptors (Lipinski definition) is 9. The van der Waals surface area contributed by atoms with Crippen molar-refractivity contribution in [2.45, 2.75) is 87.0 Å². The molecule has 1 amide bonds. The standard InChI is InChI=1S/C43H59ClN4O6S/c1-30-8-6-18-43(53-3,28-46-20-21-47-19-5-4-10-35(47)25-46)37-14-11-33(37)24-48-27-42(17-7-9-31-22-34(44)13-15-36(31)42)29-54-39-16-12-32(23-38(39)48)41(49)45-55(50,51)40(30)26-52-2/h6,12-13,15-16,18,22-23,30,33,35,37,40H,4-5,7-11,14,17,19-21,24-29H2,1-3H3,(H,45,49)/b18-6-/t30-,33-,35+,37+,40+,42-,43+/m0/s1. The molecular formula is C43H59ClN4O6S. The molecule has 3 fully saturated rings. The minimum Gasteiger partial charge on any atom is -0.490 e. The molecule has 10 nitrogen and oxygen atoms in total. The van der Waals surface area contributed by atoms with Crippen LogP contribution in [-0.2, 0) is 31.3 Å². The second kappa shape index (κ2) is 15.9. The molecule has 0 radical (unpaired) electrons. The Balaban J connectivity index is 1.20. The summed E-state index contributed by atoms with van der Waals surface area (Å²) in [6.07, 6.45) is 13.9. The van der Waals surface area contributed by atoms with Crippen LogP contribution < -0.4 is 14.4 Å². The van der Waals surface area contributed by atoms with E-state index in [-0.39, 0.29) is 29.4 Å². The molecule has 4 heterocycles. The second-order valence-electron chi connectivity index (χ2n) is 17.4. The summed E-state index contributed by atoms with van der Waals surface area (Å²) in [6.45, 7) is 9.05. The van der Waals surface area contributed by atoms with E-state index in [1.54, 1.807) is 6.07 Å². The topological polar surface area (TPSA) is 101 Å². The third-order valence-electron chi connectivity index (χ3n) is 14.1. The molecule has 1 spiro atoms. The first kappa shape index (κ1) is 39.2. The number of allylic oxidation sites excluding steroid dienone is 1. The first-order valence-electron chi connectivity index (χ1n) is 20.6. The van der Waals surface area contributed by atoms with Crippen LogP contribution in [0.3, 0.4) is 0 Å². The van der Waals surface area contributed by atoms with Crippen LogP contribution in [0.15, 0.2) is 48.6 Å².